The summed E-state index contributed by atoms with van der Waals surface area (Å²) in [6.07, 6.45) is 0. The Labute approximate surface area is 127 Å². The molecule has 3 rings (SSSR count). The molecule has 0 saturated carbocycles. The number of fused-ring (bicyclic) bond motifs is 1. The Hall–Kier alpha value is -2.32. The molecule has 0 spiro atoms. The molecule has 0 N–H and O–H groups in total. The highest BCUT2D eigenvalue weighted by Crippen LogP contribution is 2.26. The zero-order valence-corrected chi connectivity index (χ0v) is 12.2. The molecule has 0 fully saturated rings. The van der Waals surface area contributed by atoms with Crippen LogP contribution in [0.25, 0.3) is 10.8 Å². The highest BCUT2D eigenvalue weighted by atomic mass is 35.5. The van der Waals surface area contributed by atoms with Gasteiger partial charge in [0.1, 0.15) is 5.75 Å². The highest BCUT2D eigenvalue weighted by Gasteiger charge is 2.12. The number of ketones is 1. The fraction of sp³-hybridized carbons (Fsp3) is 0.0556. The van der Waals surface area contributed by atoms with E-state index in [1.54, 1.807) is 18.2 Å². The topological polar surface area (TPSA) is 26.3 Å². The first-order valence-corrected chi connectivity index (χ1v) is 6.94. The maximum Gasteiger partial charge on any atom is 0.193 e. The maximum absolute atomic E-state index is 12.6. The summed E-state index contributed by atoms with van der Waals surface area (Å²) in [5, 5.41) is 2.65. The average Bonchev–Trinajstić information content (AvgIpc) is 2.54. The fourth-order valence-corrected chi connectivity index (χ4v) is 2.49. The molecule has 0 aliphatic rings. The van der Waals surface area contributed by atoms with Gasteiger partial charge in [-0.25, -0.2) is 0 Å². The molecular weight excluding hydrogens is 284 g/mol. The number of ether oxygens (including phenoxy) is 1. The molecule has 0 unspecified atom stereocenters. The lowest BCUT2D eigenvalue weighted by Gasteiger charge is -2.07. The molecule has 21 heavy (non-hydrogen) atoms. The van der Waals surface area contributed by atoms with E-state index in [0.717, 1.165) is 10.8 Å². The molecule has 3 aromatic rings. The molecule has 104 valence electrons. The van der Waals surface area contributed by atoms with Crippen molar-refractivity contribution in [3.8, 4) is 5.75 Å². The molecule has 0 saturated heterocycles. The third-order valence-corrected chi connectivity index (χ3v) is 3.74. The van der Waals surface area contributed by atoms with E-state index in [0.29, 0.717) is 21.9 Å². The van der Waals surface area contributed by atoms with Gasteiger partial charge in [-0.05, 0) is 35.0 Å². The Morgan fingerprint density at radius 2 is 1.57 bits per heavy atom. The molecule has 3 aromatic carbocycles. The van der Waals surface area contributed by atoms with Crippen LogP contribution in [0, 0.1) is 0 Å². The van der Waals surface area contributed by atoms with Crippen molar-refractivity contribution in [2.24, 2.45) is 0 Å². The fourth-order valence-electron chi connectivity index (χ4n) is 2.30. The van der Waals surface area contributed by atoms with Crippen LogP contribution in [0.15, 0.2) is 60.7 Å². The predicted molar refractivity (Wildman–Crippen MR) is 85.4 cm³/mol. The van der Waals surface area contributed by atoms with Gasteiger partial charge < -0.3 is 4.74 Å². The summed E-state index contributed by atoms with van der Waals surface area (Å²) in [4.78, 5) is 12.6. The lowest BCUT2D eigenvalue weighted by molar-refractivity contribution is 0.103. The Balaban J connectivity index is 2.03. The number of methoxy groups -OCH3 is 1. The quantitative estimate of drug-likeness (QED) is 0.653. The average molecular weight is 297 g/mol. The van der Waals surface area contributed by atoms with Gasteiger partial charge in [-0.15, -0.1) is 0 Å². The van der Waals surface area contributed by atoms with Crippen LogP contribution in [0.4, 0.5) is 0 Å². The van der Waals surface area contributed by atoms with E-state index in [1.165, 1.54) is 7.11 Å². The van der Waals surface area contributed by atoms with E-state index in [9.17, 15) is 4.79 Å². The normalized spacial score (nSPS) is 10.6. The van der Waals surface area contributed by atoms with Crippen molar-refractivity contribution < 1.29 is 9.53 Å². The summed E-state index contributed by atoms with van der Waals surface area (Å²) in [5.74, 6) is 0.457. The molecule has 0 atom stereocenters. The molecule has 0 bridgehead atoms. The van der Waals surface area contributed by atoms with Gasteiger partial charge in [0.15, 0.2) is 5.78 Å². The Morgan fingerprint density at radius 3 is 2.33 bits per heavy atom. The standard InChI is InChI=1S/C18H13ClO2/c1-21-17-11-15(8-9-16(17)19)18(20)14-7-6-12-4-2-3-5-13(12)10-14/h2-11H,1H3. The molecule has 2 nitrogen and oxygen atoms in total. The Kier molecular flexibility index (Phi) is 3.63. The first-order chi connectivity index (χ1) is 10.2. The summed E-state index contributed by atoms with van der Waals surface area (Å²) in [5.41, 5.74) is 1.21. The van der Waals surface area contributed by atoms with Crippen molar-refractivity contribution in [3.05, 3.63) is 76.8 Å². The number of hydrogen-bond donors (Lipinski definition) is 0. The summed E-state index contributed by atoms with van der Waals surface area (Å²) >= 11 is 5.99. The number of hydrogen-bond acceptors (Lipinski definition) is 2. The molecule has 0 aromatic heterocycles. The van der Waals surface area contributed by atoms with Crippen molar-refractivity contribution in [3.63, 3.8) is 0 Å². The van der Waals surface area contributed by atoms with Crippen LogP contribution >= 0.6 is 11.6 Å². The van der Waals surface area contributed by atoms with Crippen molar-refractivity contribution >= 4 is 28.2 Å². The van der Waals surface area contributed by atoms with Crippen LogP contribution in [0.5, 0.6) is 5.75 Å². The van der Waals surface area contributed by atoms with Crippen LogP contribution in [0.3, 0.4) is 0 Å². The van der Waals surface area contributed by atoms with Gasteiger partial charge in [0.2, 0.25) is 0 Å². The minimum atomic E-state index is -0.0456. The Bertz CT molecular complexity index is 824. The summed E-state index contributed by atoms with van der Waals surface area (Å²) in [7, 11) is 1.53. The van der Waals surface area contributed by atoms with Crippen molar-refractivity contribution in [2.45, 2.75) is 0 Å². The van der Waals surface area contributed by atoms with E-state index >= 15 is 0 Å². The lowest BCUT2D eigenvalue weighted by atomic mass is 10.00. The molecule has 0 radical (unpaired) electrons. The van der Waals surface area contributed by atoms with Crippen molar-refractivity contribution in [2.75, 3.05) is 7.11 Å². The van der Waals surface area contributed by atoms with Gasteiger partial charge >= 0.3 is 0 Å². The highest BCUT2D eigenvalue weighted by molar-refractivity contribution is 6.32. The van der Waals surface area contributed by atoms with E-state index in [1.807, 2.05) is 42.5 Å². The number of benzene rings is 3. The summed E-state index contributed by atoms with van der Waals surface area (Å²) in [6.45, 7) is 0. The minimum Gasteiger partial charge on any atom is -0.495 e. The van der Waals surface area contributed by atoms with Crippen LogP contribution < -0.4 is 4.74 Å². The lowest BCUT2D eigenvalue weighted by Crippen LogP contribution is -2.01. The van der Waals surface area contributed by atoms with Gasteiger partial charge in [-0.3, -0.25) is 4.79 Å². The number of carbonyl (C=O) groups is 1. The summed E-state index contributed by atoms with van der Waals surface area (Å²) in [6, 6.07) is 18.7. The van der Waals surface area contributed by atoms with Crippen molar-refractivity contribution in [1.82, 2.24) is 0 Å². The molecule has 0 aliphatic heterocycles. The molecule has 3 heteroatoms. The second-order valence-corrected chi connectivity index (χ2v) is 5.15. The number of rotatable bonds is 3. The zero-order chi connectivity index (χ0) is 14.8. The van der Waals surface area contributed by atoms with E-state index < -0.39 is 0 Å². The SMILES string of the molecule is COc1cc(C(=O)c2ccc3ccccc3c2)ccc1Cl. The second-order valence-electron chi connectivity index (χ2n) is 4.74. The van der Waals surface area contributed by atoms with Gasteiger partial charge in [0.25, 0.3) is 0 Å². The van der Waals surface area contributed by atoms with E-state index in [-0.39, 0.29) is 5.78 Å². The van der Waals surface area contributed by atoms with Crippen molar-refractivity contribution in [1.29, 1.82) is 0 Å². The molecule has 0 amide bonds. The first-order valence-electron chi connectivity index (χ1n) is 6.56. The Morgan fingerprint density at radius 1 is 0.905 bits per heavy atom. The van der Waals surface area contributed by atoms with Gasteiger partial charge in [-0.2, -0.15) is 0 Å². The van der Waals surface area contributed by atoms with Crippen LogP contribution in [-0.2, 0) is 0 Å². The molecule has 0 heterocycles. The van der Waals surface area contributed by atoms with Gasteiger partial charge in [0.05, 0.1) is 12.1 Å². The van der Waals surface area contributed by atoms with Gasteiger partial charge in [-0.1, -0.05) is 48.0 Å². The molecular formula is C18H13ClO2. The summed E-state index contributed by atoms with van der Waals surface area (Å²) < 4.78 is 5.16. The number of carbonyl (C=O) groups excluding carboxylic acids is 1. The predicted octanol–water partition coefficient (Wildman–Crippen LogP) is 4.73. The van der Waals surface area contributed by atoms with Crippen LogP contribution in [0.1, 0.15) is 15.9 Å². The van der Waals surface area contributed by atoms with E-state index in [2.05, 4.69) is 0 Å². The largest absolute Gasteiger partial charge is 0.495 e. The smallest absolute Gasteiger partial charge is 0.193 e. The van der Waals surface area contributed by atoms with Crippen LogP contribution in [0.2, 0.25) is 5.02 Å². The van der Waals surface area contributed by atoms with Gasteiger partial charge in [0, 0.05) is 11.1 Å². The number of halogens is 1. The third-order valence-electron chi connectivity index (χ3n) is 3.42. The maximum atomic E-state index is 12.6. The first kappa shape index (κ1) is 13.7. The third kappa shape index (κ3) is 2.63. The van der Waals surface area contributed by atoms with E-state index in [4.69, 9.17) is 16.3 Å². The zero-order valence-electron chi connectivity index (χ0n) is 11.5. The minimum absolute atomic E-state index is 0.0456. The van der Waals surface area contributed by atoms with Crippen LogP contribution in [-0.4, -0.2) is 12.9 Å². The molecule has 0 aliphatic carbocycles. The monoisotopic (exact) mass is 296 g/mol. The second kappa shape index (κ2) is 5.58.